The lowest BCUT2D eigenvalue weighted by Gasteiger charge is -2.12. The second-order valence-electron chi connectivity index (χ2n) is 7.01. The second kappa shape index (κ2) is 10.0. The van der Waals surface area contributed by atoms with Gasteiger partial charge in [-0.1, -0.05) is 23.9 Å². The first-order valence-electron chi connectivity index (χ1n) is 10.1. The summed E-state index contributed by atoms with van der Waals surface area (Å²) in [6.07, 6.45) is 3.77. The summed E-state index contributed by atoms with van der Waals surface area (Å²) < 4.78 is 9.03. The summed E-state index contributed by atoms with van der Waals surface area (Å²) in [6.45, 7) is 1.44. The molecule has 2 aromatic carbocycles. The van der Waals surface area contributed by atoms with Crippen molar-refractivity contribution in [1.29, 1.82) is 0 Å². The van der Waals surface area contributed by atoms with Crippen molar-refractivity contribution in [2.45, 2.75) is 12.1 Å². The van der Waals surface area contributed by atoms with Crippen LogP contribution in [0, 0.1) is 0 Å². The van der Waals surface area contributed by atoms with Crippen LogP contribution in [-0.4, -0.2) is 44.2 Å². The molecule has 0 radical (unpaired) electrons. The number of methoxy groups -OCH3 is 1. The van der Waals surface area contributed by atoms with Crippen LogP contribution in [0.15, 0.2) is 78.2 Å². The highest BCUT2D eigenvalue weighted by molar-refractivity contribution is 7.99. The fourth-order valence-electron chi connectivity index (χ4n) is 3.13. The van der Waals surface area contributed by atoms with Gasteiger partial charge >= 0.3 is 0 Å². The normalized spacial score (nSPS) is 10.6. The largest absolute Gasteiger partial charge is 0.497 e. The van der Waals surface area contributed by atoms with Crippen LogP contribution in [0.4, 0.5) is 11.4 Å². The molecule has 0 spiro atoms. The van der Waals surface area contributed by atoms with Crippen LogP contribution >= 0.6 is 11.8 Å². The summed E-state index contributed by atoms with van der Waals surface area (Å²) in [7, 11) is 1.61. The molecule has 0 saturated carbocycles. The van der Waals surface area contributed by atoms with Crippen molar-refractivity contribution < 1.29 is 14.3 Å². The number of aromatic nitrogens is 4. The lowest BCUT2D eigenvalue weighted by molar-refractivity contribution is -0.114. The van der Waals surface area contributed by atoms with E-state index in [0.29, 0.717) is 28.1 Å². The highest BCUT2D eigenvalue weighted by atomic mass is 32.2. The molecule has 4 rings (SSSR count). The van der Waals surface area contributed by atoms with Crippen molar-refractivity contribution in [3.05, 3.63) is 73.1 Å². The molecule has 2 amide bonds. The number of hydrogen-bond donors (Lipinski definition) is 2. The van der Waals surface area contributed by atoms with Gasteiger partial charge in [-0.3, -0.25) is 14.3 Å². The van der Waals surface area contributed by atoms with E-state index in [-0.39, 0.29) is 17.6 Å². The van der Waals surface area contributed by atoms with E-state index >= 15 is 0 Å². The Morgan fingerprint density at radius 2 is 1.67 bits per heavy atom. The van der Waals surface area contributed by atoms with Gasteiger partial charge in [0.2, 0.25) is 17.0 Å². The molecule has 0 bridgehead atoms. The van der Waals surface area contributed by atoms with E-state index in [1.165, 1.54) is 18.7 Å². The van der Waals surface area contributed by atoms with Gasteiger partial charge in [-0.25, -0.2) is 4.68 Å². The van der Waals surface area contributed by atoms with E-state index in [1.54, 1.807) is 31.4 Å². The molecule has 10 heteroatoms. The molecule has 2 heterocycles. The number of anilines is 2. The Morgan fingerprint density at radius 1 is 0.970 bits per heavy atom. The maximum absolute atomic E-state index is 12.5. The van der Waals surface area contributed by atoms with Crippen LogP contribution in [0.25, 0.3) is 11.4 Å². The molecular weight excluding hydrogens is 440 g/mol. The van der Waals surface area contributed by atoms with Crippen molar-refractivity contribution in [3.8, 4) is 17.1 Å². The van der Waals surface area contributed by atoms with Gasteiger partial charge in [0, 0.05) is 36.3 Å². The maximum Gasteiger partial charge on any atom is 0.234 e. The number of amides is 2. The van der Waals surface area contributed by atoms with E-state index in [9.17, 15) is 9.59 Å². The van der Waals surface area contributed by atoms with Gasteiger partial charge in [-0.05, 0) is 48.5 Å². The maximum atomic E-state index is 12.5. The van der Waals surface area contributed by atoms with Crippen LogP contribution in [-0.2, 0) is 9.59 Å². The minimum atomic E-state index is -0.183. The summed E-state index contributed by atoms with van der Waals surface area (Å²) in [4.78, 5) is 23.7. The Hall–Kier alpha value is -4.05. The molecular formula is C23H22N6O3S. The third-order valence-corrected chi connectivity index (χ3v) is 5.50. The molecule has 2 aromatic heterocycles. The van der Waals surface area contributed by atoms with Gasteiger partial charge in [0.05, 0.1) is 12.9 Å². The highest BCUT2D eigenvalue weighted by Gasteiger charge is 2.17. The average molecular weight is 463 g/mol. The molecule has 0 aliphatic heterocycles. The summed E-state index contributed by atoms with van der Waals surface area (Å²) in [5, 5.41) is 14.8. The molecule has 9 nitrogen and oxygen atoms in total. The fraction of sp³-hybridized carbons (Fsp3) is 0.130. The third kappa shape index (κ3) is 5.42. The molecule has 0 aliphatic rings. The number of nitrogens with zero attached hydrogens (tertiary/aromatic N) is 4. The van der Waals surface area contributed by atoms with Crippen LogP contribution in [0.5, 0.6) is 5.75 Å². The zero-order valence-corrected chi connectivity index (χ0v) is 18.9. The number of nitrogens with one attached hydrogen (secondary N) is 2. The summed E-state index contributed by atoms with van der Waals surface area (Å²) >= 11 is 1.28. The summed E-state index contributed by atoms with van der Waals surface area (Å²) in [5.41, 5.74) is 2.14. The highest BCUT2D eigenvalue weighted by Crippen LogP contribution is 2.27. The Balaban J connectivity index is 1.49. The summed E-state index contributed by atoms with van der Waals surface area (Å²) in [6, 6.07) is 18.3. The molecule has 0 aliphatic carbocycles. The van der Waals surface area contributed by atoms with Crippen LogP contribution in [0.3, 0.4) is 0 Å². The number of carbonyl (C=O) groups is 2. The topological polar surface area (TPSA) is 103 Å². The standard InChI is InChI=1S/C23H22N6O3S/c1-16(30)24-18-8-10-19(11-9-18)25-21(31)15-33-23-27-26-22(29(23)28-12-3-4-13-28)17-6-5-7-20(14-17)32-2/h3-14H,15H2,1-2H3,(H,24,30)(H,25,31). The Morgan fingerprint density at radius 3 is 2.33 bits per heavy atom. The van der Waals surface area contributed by atoms with E-state index in [2.05, 4.69) is 20.8 Å². The number of thioether (sulfide) groups is 1. The van der Waals surface area contributed by atoms with E-state index in [0.717, 1.165) is 5.56 Å². The first kappa shape index (κ1) is 22.2. The zero-order chi connectivity index (χ0) is 23.2. The minimum Gasteiger partial charge on any atom is -0.497 e. The number of hydrogen-bond acceptors (Lipinski definition) is 6. The predicted molar refractivity (Wildman–Crippen MR) is 127 cm³/mol. The fourth-order valence-corrected chi connectivity index (χ4v) is 3.87. The second-order valence-corrected chi connectivity index (χ2v) is 7.95. The quantitative estimate of drug-likeness (QED) is 0.387. The Labute approximate surface area is 194 Å². The number of ether oxygens (including phenoxy) is 1. The number of carbonyl (C=O) groups excluding carboxylic acids is 2. The Kier molecular flexibility index (Phi) is 6.75. The predicted octanol–water partition coefficient (Wildman–Crippen LogP) is 3.76. The molecule has 33 heavy (non-hydrogen) atoms. The van der Waals surface area contributed by atoms with Gasteiger partial charge in [0.25, 0.3) is 0 Å². The van der Waals surface area contributed by atoms with Gasteiger partial charge in [-0.15, -0.1) is 10.2 Å². The number of benzene rings is 2. The van der Waals surface area contributed by atoms with Crippen molar-refractivity contribution in [2.24, 2.45) is 0 Å². The first-order chi connectivity index (χ1) is 16.0. The SMILES string of the molecule is COc1cccc(-c2nnc(SCC(=O)Nc3ccc(NC(C)=O)cc3)n2-n2cccc2)c1. The molecule has 0 unspecified atom stereocenters. The lowest BCUT2D eigenvalue weighted by atomic mass is 10.2. The molecule has 0 saturated heterocycles. The minimum absolute atomic E-state index is 0.144. The molecule has 0 fully saturated rings. The van der Waals surface area contributed by atoms with Crippen molar-refractivity contribution in [2.75, 3.05) is 23.5 Å². The zero-order valence-electron chi connectivity index (χ0n) is 18.1. The van der Waals surface area contributed by atoms with Crippen LogP contribution < -0.4 is 15.4 Å². The molecule has 0 atom stereocenters. The van der Waals surface area contributed by atoms with Gasteiger partial charge in [0.1, 0.15) is 5.75 Å². The van der Waals surface area contributed by atoms with Gasteiger partial charge in [-0.2, -0.15) is 0 Å². The van der Waals surface area contributed by atoms with E-state index in [4.69, 9.17) is 4.74 Å². The van der Waals surface area contributed by atoms with Gasteiger partial charge in [0.15, 0.2) is 5.82 Å². The van der Waals surface area contributed by atoms with E-state index in [1.807, 2.05) is 58.1 Å². The lowest BCUT2D eigenvalue weighted by Crippen LogP contribution is -2.16. The molecule has 4 aromatic rings. The molecule has 168 valence electrons. The van der Waals surface area contributed by atoms with Crippen molar-refractivity contribution in [1.82, 2.24) is 19.5 Å². The summed E-state index contributed by atoms with van der Waals surface area (Å²) in [5.74, 6) is 1.15. The molecule has 2 N–H and O–H groups in total. The van der Waals surface area contributed by atoms with Gasteiger partial charge < -0.3 is 15.4 Å². The van der Waals surface area contributed by atoms with Crippen molar-refractivity contribution >= 4 is 35.0 Å². The monoisotopic (exact) mass is 462 g/mol. The smallest absolute Gasteiger partial charge is 0.234 e. The van der Waals surface area contributed by atoms with Crippen LogP contribution in [0.1, 0.15) is 6.92 Å². The number of rotatable bonds is 8. The third-order valence-electron chi connectivity index (χ3n) is 4.58. The Bertz CT molecular complexity index is 1250. The van der Waals surface area contributed by atoms with Crippen molar-refractivity contribution in [3.63, 3.8) is 0 Å². The van der Waals surface area contributed by atoms with E-state index < -0.39 is 0 Å². The van der Waals surface area contributed by atoms with Crippen LogP contribution in [0.2, 0.25) is 0 Å². The average Bonchev–Trinajstić information content (AvgIpc) is 3.48. The first-order valence-corrected chi connectivity index (χ1v) is 11.1.